The van der Waals surface area contributed by atoms with Crippen molar-refractivity contribution in [2.45, 2.75) is 6.43 Å². The second-order valence-electron chi connectivity index (χ2n) is 3.73. The Kier molecular flexibility index (Phi) is 5.11. The number of nitrogens with zero attached hydrogens (tertiary/aromatic N) is 2. The lowest BCUT2D eigenvalue weighted by atomic mass is 10.2. The fraction of sp³-hybridized carbons (Fsp3) is 0.250. The Balaban J connectivity index is 2.75. The van der Waals surface area contributed by atoms with Crippen molar-refractivity contribution in [3.8, 4) is 0 Å². The van der Waals surface area contributed by atoms with E-state index < -0.39 is 24.8 Å². The minimum absolute atomic E-state index is 0.0237. The Labute approximate surface area is 108 Å². The molecule has 1 heterocycles. The average molecular weight is 270 g/mol. The highest BCUT2D eigenvalue weighted by molar-refractivity contribution is 5.92. The zero-order valence-electron chi connectivity index (χ0n) is 10.1. The van der Waals surface area contributed by atoms with Gasteiger partial charge in [0.25, 0.3) is 12.3 Å². The molecule has 0 aliphatic heterocycles. The number of carbonyl (C=O) groups is 2. The third-order valence-electron chi connectivity index (χ3n) is 2.18. The van der Waals surface area contributed by atoms with Crippen molar-refractivity contribution in [1.29, 1.82) is 0 Å². The molecular weight excluding hydrogens is 258 g/mol. The highest BCUT2D eigenvalue weighted by Gasteiger charge is 2.16. The number of hydrogen-bond acceptors (Lipinski definition) is 3. The number of carboxylic acid groups (broad SMARTS) is 1. The molecule has 0 unspecified atom stereocenters. The molecule has 0 atom stereocenters. The molecule has 5 nitrogen and oxygen atoms in total. The number of halogens is 2. The number of amides is 1. The van der Waals surface area contributed by atoms with E-state index in [-0.39, 0.29) is 5.69 Å². The van der Waals surface area contributed by atoms with Gasteiger partial charge in [-0.05, 0) is 17.7 Å². The van der Waals surface area contributed by atoms with E-state index in [0.717, 1.165) is 11.0 Å². The van der Waals surface area contributed by atoms with Crippen LogP contribution in [0, 0.1) is 0 Å². The van der Waals surface area contributed by atoms with Crippen LogP contribution < -0.4 is 0 Å². The molecular formula is C12H12F2N2O3. The van der Waals surface area contributed by atoms with Crippen LogP contribution in [-0.4, -0.2) is 46.9 Å². The second-order valence-corrected chi connectivity index (χ2v) is 3.73. The van der Waals surface area contributed by atoms with Gasteiger partial charge in [-0.2, -0.15) is 0 Å². The van der Waals surface area contributed by atoms with Gasteiger partial charge in [-0.1, -0.05) is 6.07 Å². The average Bonchev–Trinajstić information content (AvgIpc) is 2.35. The first-order chi connectivity index (χ1) is 8.90. The highest BCUT2D eigenvalue weighted by Crippen LogP contribution is 2.06. The first kappa shape index (κ1) is 14.7. The number of carbonyl (C=O) groups excluding carboxylic acids is 1. The van der Waals surface area contributed by atoms with Gasteiger partial charge in [0.1, 0.15) is 5.69 Å². The predicted molar refractivity (Wildman–Crippen MR) is 63.9 cm³/mol. The molecule has 1 rings (SSSR count). The summed E-state index contributed by atoms with van der Waals surface area (Å²) < 4.78 is 24.2. The van der Waals surface area contributed by atoms with Crippen LogP contribution in [0.3, 0.4) is 0 Å². The van der Waals surface area contributed by atoms with Gasteiger partial charge in [0, 0.05) is 19.3 Å². The van der Waals surface area contributed by atoms with E-state index in [1.54, 1.807) is 0 Å². The lowest BCUT2D eigenvalue weighted by Crippen LogP contribution is -2.31. The minimum Gasteiger partial charge on any atom is -0.478 e. The lowest BCUT2D eigenvalue weighted by Gasteiger charge is -2.15. The topological polar surface area (TPSA) is 70.5 Å². The Morgan fingerprint density at radius 3 is 2.63 bits per heavy atom. The maximum atomic E-state index is 12.1. The molecule has 0 aliphatic carbocycles. The van der Waals surface area contributed by atoms with Crippen molar-refractivity contribution in [3.63, 3.8) is 0 Å². The number of aliphatic carboxylic acids is 1. The normalized spacial score (nSPS) is 10.9. The van der Waals surface area contributed by atoms with E-state index in [4.69, 9.17) is 5.11 Å². The molecule has 0 radical (unpaired) electrons. The number of alkyl halides is 2. The van der Waals surface area contributed by atoms with Crippen LogP contribution in [0.2, 0.25) is 0 Å². The monoisotopic (exact) mass is 270 g/mol. The molecule has 0 saturated carbocycles. The van der Waals surface area contributed by atoms with Crippen LogP contribution in [-0.2, 0) is 4.79 Å². The second kappa shape index (κ2) is 6.58. The molecule has 1 aromatic heterocycles. The molecule has 7 heteroatoms. The van der Waals surface area contributed by atoms with Gasteiger partial charge in [-0.25, -0.2) is 13.6 Å². The molecule has 102 valence electrons. The van der Waals surface area contributed by atoms with Crippen molar-refractivity contribution in [2.24, 2.45) is 0 Å². The molecule has 0 fully saturated rings. The highest BCUT2D eigenvalue weighted by atomic mass is 19.3. The molecule has 0 aromatic carbocycles. The maximum Gasteiger partial charge on any atom is 0.328 e. The zero-order valence-corrected chi connectivity index (χ0v) is 10.1. The van der Waals surface area contributed by atoms with Crippen LogP contribution >= 0.6 is 0 Å². The van der Waals surface area contributed by atoms with Crippen molar-refractivity contribution in [2.75, 3.05) is 13.6 Å². The minimum atomic E-state index is -2.60. The van der Waals surface area contributed by atoms with E-state index in [9.17, 15) is 18.4 Å². The van der Waals surface area contributed by atoms with Crippen LogP contribution in [0.4, 0.5) is 8.78 Å². The largest absolute Gasteiger partial charge is 0.478 e. The van der Waals surface area contributed by atoms with E-state index in [1.165, 1.54) is 31.5 Å². The number of aromatic nitrogens is 1. The van der Waals surface area contributed by atoms with E-state index >= 15 is 0 Å². The van der Waals surface area contributed by atoms with E-state index in [0.29, 0.717) is 5.56 Å². The molecule has 19 heavy (non-hydrogen) atoms. The van der Waals surface area contributed by atoms with E-state index in [1.807, 2.05) is 0 Å². The Bertz CT molecular complexity index is 486. The summed E-state index contributed by atoms with van der Waals surface area (Å²) in [7, 11) is 1.26. The van der Waals surface area contributed by atoms with Crippen LogP contribution in [0.5, 0.6) is 0 Å². The first-order valence-corrected chi connectivity index (χ1v) is 5.31. The van der Waals surface area contributed by atoms with Gasteiger partial charge in [0.2, 0.25) is 0 Å². The van der Waals surface area contributed by atoms with Crippen LogP contribution in [0.25, 0.3) is 6.08 Å². The summed E-state index contributed by atoms with van der Waals surface area (Å²) in [5.74, 6) is -1.72. The quantitative estimate of drug-likeness (QED) is 0.823. The Morgan fingerprint density at radius 1 is 1.47 bits per heavy atom. The molecule has 1 N–H and O–H groups in total. The van der Waals surface area contributed by atoms with Gasteiger partial charge in [-0.3, -0.25) is 9.78 Å². The summed E-state index contributed by atoms with van der Waals surface area (Å²) in [4.78, 5) is 26.7. The number of hydrogen-bond donors (Lipinski definition) is 1. The fourth-order valence-corrected chi connectivity index (χ4v) is 1.28. The van der Waals surface area contributed by atoms with Crippen molar-refractivity contribution < 1.29 is 23.5 Å². The number of rotatable bonds is 5. The lowest BCUT2D eigenvalue weighted by molar-refractivity contribution is -0.131. The van der Waals surface area contributed by atoms with Crippen molar-refractivity contribution in [1.82, 2.24) is 9.88 Å². The van der Waals surface area contributed by atoms with Crippen molar-refractivity contribution >= 4 is 18.0 Å². The summed E-state index contributed by atoms with van der Waals surface area (Å²) in [5.41, 5.74) is 0.520. The van der Waals surface area contributed by atoms with Gasteiger partial charge in [0.05, 0.1) is 6.54 Å². The third-order valence-corrected chi connectivity index (χ3v) is 2.18. The molecule has 1 amide bonds. The SMILES string of the molecule is CN(CC(F)F)C(=O)c1ccc(/C=C/C(=O)O)cn1. The van der Waals surface area contributed by atoms with Crippen molar-refractivity contribution in [3.05, 3.63) is 35.7 Å². The summed E-state index contributed by atoms with van der Waals surface area (Å²) >= 11 is 0. The maximum absolute atomic E-state index is 12.1. The standard InChI is InChI=1S/C12H12F2N2O3/c1-16(7-10(13)14)12(19)9-4-2-8(6-15-9)3-5-11(17)18/h2-6,10H,7H2,1H3,(H,17,18)/b5-3+. The summed E-state index contributed by atoms with van der Waals surface area (Å²) in [6, 6.07) is 2.84. The first-order valence-electron chi connectivity index (χ1n) is 5.31. The van der Waals surface area contributed by atoms with Gasteiger partial charge < -0.3 is 10.0 Å². The van der Waals surface area contributed by atoms with E-state index in [2.05, 4.69) is 4.98 Å². The van der Waals surface area contributed by atoms with Gasteiger partial charge in [-0.15, -0.1) is 0 Å². The third kappa shape index (κ3) is 4.82. The number of carboxylic acids is 1. The molecule has 1 aromatic rings. The Morgan fingerprint density at radius 2 is 2.16 bits per heavy atom. The molecule has 0 spiro atoms. The smallest absolute Gasteiger partial charge is 0.328 e. The molecule has 0 saturated heterocycles. The fourth-order valence-electron chi connectivity index (χ4n) is 1.28. The Hall–Kier alpha value is -2.31. The van der Waals surface area contributed by atoms with Crippen LogP contribution in [0.15, 0.2) is 24.4 Å². The molecule has 0 bridgehead atoms. The zero-order chi connectivity index (χ0) is 14.4. The summed E-state index contributed by atoms with van der Waals surface area (Å²) in [5, 5.41) is 8.44. The summed E-state index contributed by atoms with van der Waals surface area (Å²) in [6.45, 7) is -0.665. The van der Waals surface area contributed by atoms with Gasteiger partial charge in [0.15, 0.2) is 0 Å². The predicted octanol–water partition coefficient (Wildman–Crippen LogP) is 1.52. The van der Waals surface area contributed by atoms with Gasteiger partial charge >= 0.3 is 5.97 Å². The molecule has 0 aliphatic rings. The van der Waals surface area contributed by atoms with Crippen LogP contribution in [0.1, 0.15) is 16.1 Å². The summed E-state index contributed by atoms with van der Waals surface area (Å²) in [6.07, 6.45) is 0.934. The number of pyridine rings is 1.